The van der Waals surface area contributed by atoms with Crippen LogP contribution in [0.15, 0.2) is 0 Å². The smallest absolute Gasteiger partial charge is 0.242 e. The number of amides is 1. The third-order valence-corrected chi connectivity index (χ3v) is 3.73. The SMILES string of the molecule is CCC1CCC(C)N1C(=O)C1COCCN1. The lowest BCUT2D eigenvalue weighted by atomic mass is 10.1. The number of rotatable bonds is 2. The first-order valence-electron chi connectivity index (χ1n) is 6.37. The fourth-order valence-corrected chi connectivity index (χ4v) is 2.77. The standard InChI is InChI=1S/C12H22N2O2/c1-3-10-5-4-9(2)14(10)12(15)11-8-16-7-6-13-11/h9-11,13H,3-8H2,1-2H3. The fourth-order valence-electron chi connectivity index (χ4n) is 2.77. The van der Waals surface area contributed by atoms with E-state index >= 15 is 0 Å². The van der Waals surface area contributed by atoms with Crippen molar-refractivity contribution in [2.45, 2.75) is 51.2 Å². The van der Waals surface area contributed by atoms with Gasteiger partial charge < -0.3 is 15.0 Å². The molecular formula is C12H22N2O2. The van der Waals surface area contributed by atoms with E-state index in [1.165, 1.54) is 0 Å². The summed E-state index contributed by atoms with van der Waals surface area (Å²) in [5.41, 5.74) is 0. The number of morpholine rings is 1. The van der Waals surface area contributed by atoms with Gasteiger partial charge in [-0.2, -0.15) is 0 Å². The van der Waals surface area contributed by atoms with Crippen LogP contribution in [0, 0.1) is 0 Å². The Kier molecular flexibility index (Phi) is 3.82. The molecule has 0 bridgehead atoms. The summed E-state index contributed by atoms with van der Waals surface area (Å²) in [5, 5.41) is 3.24. The van der Waals surface area contributed by atoms with E-state index in [2.05, 4.69) is 24.1 Å². The minimum absolute atomic E-state index is 0.122. The average Bonchev–Trinajstić information content (AvgIpc) is 2.70. The van der Waals surface area contributed by atoms with Crippen molar-refractivity contribution in [2.75, 3.05) is 19.8 Å². The van der Waals surface area contributed by atoms with E-state index in [1.807, 2.05) is 0 Å². The highest BCUT2D eigenvalue weighted by atomic mass is 16.5. The molecule has 0 aromatic heterocycles. The van der Waals surface area contributed by atoms with Gasteiger partial charge in [0.2, 0.25) is 5.91 Å². The van der Waals surface area contributed by atoms with Crippen molar-refractivity contribution < 1.29 is 9.53 Å². The molecule has 3 unspecified atom stereocenters. The number of hydrogen-bond donors (Lipinski definition) is 1. The summed E-state index contributed by atoms with van der Waals surface area (Å²) < 4.78 is 5.36. The molecule has 2 aliphatic rings. The highest BCUT2D eigenvalue weighted by molar-refractivity contribution is 5.83. The molecule has 2 fully saturated rings. The summed E-state index contributed by atoms with van der Waals surface area (Å²) in [5.74, 6) is 0.233. The van der Waals surface area contributed by atoms with Crippen LogP contribution in [0.1, 0.15) is 33.1 Å². The van der Waals surface area contributed by atoms with E-state index in [0.717, 1.165) is 32.4 Å². The zero-order chi connectivity index (χ0) is 11.5. The molecule has 4 nitrogen and oxygen atoms in total. The molecule has 4 heteroatoms. The van der Waals surface area contributed by atoms with Crippen LogP contribution in [0.3, 0.4) is 0 Å². The number of carbonyl (C=O) groups is 1. The molecule has 2 rings (SSSR count). The summed E-state index contributed by atoms with van der Waals surface area (Å²) in [4.78, 5) is 14.4. The first kappa shape index (κ1) is 11.9. The van der Waals surface area contributed by atoms with Gasteiger partial charge in [0.05, 0.1) is 13.2 Å². The summed E-state index contributed by atoms with van der Waals surface area (Å²) >= 11 is 0. The largest absolute Gasteiger partial charge is 0.378 e. The Labute approximate surface area is 97.3 Å². The van der Waals surface area contributed by atoms with Crippen LogP contribution in [0.4, 0.5) is 0 Å². The van der Waals surface area contributed by atoms with Crippen molar-refractivity contribution in [1.82, 2.24) is 10.2 Å². The second-order valence-corrected chi connectivity index (χ2v) is 4.82. The number of nitrogens with one attached hydrogen (secondary N) is 1. The number of carbonyl (C=O) groups excluding carboxylic acids is 1. The maximum atomic E-state index is 12.4. The molecule has 3 atom stereocenters. The van der Waals surface area contributed by atoms with Gasteiger partial charge in [0.15, 0.2) is 0 Å². The van der Waals surface area contributed by atoms with Crippen LogP contribution >= 0.6 is 0 Å². The van der Waals surface area contributed by atoms with Gasteiger partial charge in [0, 0.05) is 18.6 Å². The fraction of sp³-hybridized carbons (Fsp3) is 0.917. The van der Waals surface area contributed by atoms with Crippen LogP contribution in [-0.4, -0.2) is 48.7 Å². The lowest BCUT2D eigenvalue weighted by Crippen LogP contribution is -2.55. The first-order valence-corrected chi connectivity index (χ1v) is 6.37. The predicted molar refractivity (Wildman–Crippen MR) is 62.2 cm³/mol. The quantitative estimate of drug-likeness (QED) is 0.756. The highest BCUT2D eigenvalue weighted by Gasteiger charge is 2.36. The molecule has 1 amide bonds. The lowest BCUT2D eigenvalue weighted by molar-refractivity contribution is -0.139. The van der Waals surface area contributed by atoms with Gasteiger partial charge in [0.25, 0.3) is 0 Å². The third kappa shape index (κ3) is 2.23. The van der Waals surface area contributed by atoms with Crippen molar-refractivity contribution in [3.05, 3.63) is 0 Å². The van der Waals surface area contributed by atoms with Crippen LogP contribution in [0.25, 0.3) is 0 Å². The van der Waals surface area contributed by atoms with Crippen molar-refractivity contribution >= 4 is 5.91 Å². The molecule has 2 aliphatic heterocycles. The molecule has 0 aliphatic carbocycles. The number of nitrogens with zero attached hydrogens (tertiary/aromatic N) is 1. The van der Waals surface area contributed by atoms with Gasteiger partial charge in [-0.15, -0.1) is 0 Å². The maximum Gasteiger partial charge on any atom is 0.242 e. The van der Waals surface area contributed by atoms with Crippen molar-refractivity contribution in [3.63, 3.8) is 0 Å². The number of hydrogen-bond acceptors (Lipinski definition) is 3. The van der Waals surface area contributed by atoms with Gasteiger partial charge in [-0.3, -0.25) is 4.79 Å². The summed E-state index contributed by atoms with van der Waals surface area (Å²) in [7, 11) is 0. The Morgan fingerprint density at radius 1 is 1.50 bits per heavy atom. The van der Waals surface area contributed by atoms with Crippen LogP contribution < -0.4 is 5.32 Å². The van der Waals surface area contributed by atoms with Crippen molar-refractivity contribution in [2.24, 2.45) is 0 Å². The molecular weight excluding hydrogens is 204 g/mol. The normalized spacial score (nSPS) is 35.4. The summed E-state index contributed by atoms with van der Waals surface area (Å²) in [6, 6.07) is 0.704. The first-order chi connectivity index (χ1) is 7.74. The molecule has 0 spiro atoms. The molecule has 2 saturated heterocycles. The highest BCUT2D eigenvalue weighted by Crippen LogP contribution is 2.26. The van der Waals surface area contributed by atoms with Gasteiger partial charge >= 0.3 is 0 Å². The molecule has 0 saturated carbocycles. The topological polar surface area (TPSA) is 41.6 Å². The van der Waals surface area contributed by atoms with E-state index < -0.39 is 0 Å². The zero-order valence-corrected chi connectivity index (χ0v) is 10.2. The Morgan fingerprint density at radius 3 is 2.94 bits per heavy atom. The molecule has 16 heavy (non-hydrogen) atoms. The third-order valence-electron chi connectivity index (χ3n) is 3.73. The van der Waals surface area contributed by atoms with Crippen molar-refractivity contribution in [3.8, 4) is 0 Å². The number of likely N-dealkylation sites (tertiary alicyclic amines) is 1. The van der Waals surface area contributed by atoms with Gasteiger partial charge in [0.1, 0.15) is 6.04 Å². The Bertz CT molecular complexity index is 251. The molecule has 1 N–H and O–H groups in total. The summed E-state index contributed by atoms with van der Waals surface area (Å²) in [6.07, 6.45) is 3.35. The molecule has 0 aromatic carbocycles. The van der Waals surface area contributed by atoms with E-state index in [1.54, 1.807) is 0 Å². The van der Waals surface area contributed by atoms with E-state index in [-0.39, 0.29) is 11.9 Å². The Balaban J connectivity index is 2.01. The Morgan fingerprint density at radius 2 is 2.31 bits per heavy atom. The van der Waals surface area contributed by atoms with Gasteiger partial charge in [-0.25, -0.2) is 0 Å². The molecule has 0 aromatic rings. The minimum atomic E-state index is -0.122. The zero-order valence-electron chi connectivity index (χ0n) is 10.2. The van der Waals surface area contributed by atoms with Crippen LogP contribution in [0.5, 0.6) is 0 Å². The van der Waals surface area contributed by atoms with E-state index in [9.17, 15) is 4.79 Å². The lowest BCUT2D eigenvalue weighted by Gasteiger charge is -2.33. The van der Waals surface area contributed by atoms with Crippen LogP contribution in [-0.2, 0) is 9.53 Å². The van der Waals surface area contributed by atoms with Gasteiger partial charge in [-0.05, 0) is 26.2 Å². The van der Waals surface area contributed by atoms with E-state index in [4.69, 9.17) is 4.74 Å². The minimum Gasteiger partial charge on any atom is -0.378 e. The number of ether oxygens (including phenoxy) is 1. The van der Waals surface area contributed by atoms with Gasteiger partial charge in [-0.1, -0.05) is 6.92 Å². The second kappa shape index (κ2) is 5.15. The summed E-state index contributed by atoms with van der Waals surface area (Å²) in [6.45, 7) is 6.34. The molecule has 92 valence electrons. The van der Waals surface area contributed by atoms with E-state index in [0.29, 0.717) is 18.7 Å². The second-order valence-electron chi connectivity index (χ2n) is 4.82. The Hall–Kier alpha value is -0.610. The van der Waals surface area contributed by atoms with Crippen LogP contribution in [0.2, 0.25) is 0 Å². The average molecular weight is 226 g/mol. The molecule has 2 heterocycles. The predicted octanol–water partition coefficient (Wildman–Crippen LogP) is 0.764. The monoisotopic (exact) mass is 226 g/mol. The molecule has 0 radical (unpaired) electrons. The van der Waals surface area contributed by atoms with Crippen molar-refractivity contribution in [1.29, 1.82) is 0 Å². The maximum absolute atomic E-state index is 12.4.